The van der Waals surface area contributed by atoms with E-state index in [2.05, 4.69) is 20.9 Å². The number of fused-ring (bicyclic) bond motifs is 1. The first kappa shape index (κ1) is 25.8. The van der Waals surface area contributed by atoms with Crippen LogP contribution in [0, 0.1) is 0 Å². The van der Waals surface area contributed by atoms with E-state index in [1.807, 2.05) is 30.5 Å². The van der Waals surface area contributed by atoms with Crippen LogP contribution in [0.3, 0.4) is 0 Å². The average molecular weight is 594 g/mol. The lowest BCUT2D eigenvalue weighted by Crippen LogP contribution is -2.40. The van der Waals surface area contributed by atoms with Gasteiger partial charge in [0, 0.05) is 14.9 Å². The lowest BCUT2D eigenvalue weighted by molar-refractivity contribution is -0.143. The van der Waals surface area contributed by atoms with Crippen LogP contribution in [0.2, 0.25) is 5.02 Å². The number of allylic oxidation sites excluding steroid dienone is 1. The lowest BCUT2D eigenvalue weighted by atomic mass is 9.96. The molecular weight excluding hydrogens is 572 g/mol. The number of hydrogen-bond acceptors (Lipinski definition) is 7. The Balaban J connectivity index is 1.96. The molecule has 4 rings (SSSR count). The largest absolute Gasteiger partial charge is 0.506 e. The Hall–Kier alpha value is -2.33. The third-order valence-electron chi connectivity index (χ3n) is 5.36. The van der Waals surface area contributed by atoms with Crippen molar-refractivity contribution in [2.75, 3.05) is 6.26 Å². The number of ether oxygens (including phenoxy) is 1. The van der Waals surface area contributed by atoms with Gasteiger partial charge in [-0.2, -0.15) is 0 Å². The quantitative estimate of drug-likeness (QED) is 0.332. The van der Waals surface area contributed by atoms with Crippen molar-refractivity contribution >= 4 is 62.7 Å². The van der Waals surface area contributed by atoms with Gasteiger partial charge in [-0.1, -0.05) is 51.0 Å². The highest BCUT2D eigenvalue weighted by Crippen LogP contribution is 2.33. The molecule has 2 heterocycles. The molecule has 0 fully saturated rings. The summed E-state index contributed by atoms with van der Waals surface area (Å²) in [5.41, 5.74) is 1.66. The number of rotatable bonds is 5. The van der Waals surface area contributed by atoms with Crippen molar-refractivity contribution in [1.29, 1.82) is 0 Å². The molecule has 6 nitrogen and oxygen atoms in total. The second kappa shape index (κ2) is 10.3. The van der Waals surface area contributed by atoms with Crippen molar-refractivity contribution < 1.29 is 14.6 Å². The van der Waals surface area contributed by atoms with Gasteiger partial charge in [0.1, 0.15) is 5.75 Å². The Morgan fingerprint density at radius 3 is 2.63 bits per heavy atom. The fraction of sp³-hybridized carbons (Fsp3) is 0.240. The first-order valence-electron chi connectivity index (χ1n) is 10.7. The molecule has 1 aliphatic heterocycles. The van der Waals surface area contributed by atoms with Crippen LogP contribution in [0.15, 0.2) is 66.8 Å². The number of thioether (sulfide) groups is 1. The molecular formula is C25H22BrClN2O4S2. The van der Waals surface area contributed by atoms with Crippen molar-refractivity contribution in [3.8, 4) is 5.75 Å². The maximum atomic E-state index is 13.7. The van der Waals surface area contributed by atoms with Crippen LogP contribution in [0.25, 0.3) is 6.08 Å². The molecule has 0 amide bonds. The van der Waals surface area contributed by atoms with E-state index in [-0.39, 0.29) is 22.4 Å². The van der Waals surface area contributed by atoms with Gasteiger partial charge in [-0.15, -0.1) is 11.8 Å². The van der Waals surface area contributed by atoms with Crippen LogP contribution in [0.4, 0.5) is 0 Å². The Labute approximate surface area is 223 Å². The monoisotopic (exact) mass is 592 g/mol. The molecule has 182 valence electrons. The van der Waals surface area contributed by atoms with Crippen LogP contribution >= 0.6 is 50.6 Å². The van der Waals surface area contributed by atoms with Gasteiger partial charge in [-0.3, -0.25) is 9.36 Å². The minimum atomic E-state index is -0.699. The molecule has 1 N–H and O–H groups in total. The summed E-state index contributed by atoms with van der Waals surface area (Å²) in [6.07, 6.45) is 3.24. The molecule has 0 bridgehead atoms. The molecule has 0 saturated carbocycles. The van der Waals surface area contributed by atoms with E-state index in [0.29, 0.717) is 30.6 Å². The molecule has 0 saturated heterocycles. The molecule has 1 aromatic heterocycles. The SMILES string of the molecule is CSc1ccc([C@@H]2C(C(=O)OC(C)C)=C(C)N=c3s/c(=C\c4cc(Br)cc(Cl)c4O)c(=O)n32)cc1. The van der Waals surface area contributed by atoms with Crippen LogP contribution in [-0.4, -0.2) is 28.0 Å². The van der Waals surface area contributed by atoms with E-state index in [4.69, 9.17) is 16.3 Å². The molecule has 3 aromatic rings. The number of carbonyl (C=O) groups is 1. The minimum Gasteiger partial charge on any atom is -0.506 e. The maximum Gasteiger partial charge on any atom is 0.338 e. The number of aromatic nitrogens is 1. The summed E-state index contributed by atoms with van der Waals surface area (Å²) in [4.78, 5) is 32.9. The van der Waals surface area contributed by atoms with Gasteiger partial charge in [0.25, 0.3) is 5.56 Å². The van der Waals surface area contributed by atoms with Gasteiger partial charge in [0.15, 0.2) is 4.80 Å². The molecule has 2 aromatic carbocycles. The van der Waals surface area contributed by atoms with E-state index < -0.39 is 12.0 Å². The number of nitrogens with zero attached hydrogens (tertiary/aromatic N) is 2. The number of benzene rings is 2. The van der Waals surface area contributed by atoms with Gasteiger partial charge >= 0.3 is 5.97 Å². The van der Waals surface area contributed by atoms with Crippen molar-refractivity contribution in [2.24, 2.45) is 4.99 Å². The van der Waals surface area contributed by atoms with E-state index >= 15 is 0 Å². The lowest BCUT2D eigenvalue weighted by Gasteiger charge is -2.25. The second-order valence-corrected chi connectivity index (χ2v) is 11.3. The summed E-state index contributed by atoms with van der Waals surface area (Å²) >= 11 is 12.3. The third-order valence-corrected chi connectivity index (χ3v) is 7.83. The number of thiazole rings is 1. The fourth-order valence-electron chi connectivity index (χ4n) is 3.80. The second-order valence-electron chi connectivity index (χ2n) is 8.13. The Morgan fingerprint density at radius 2 is 2.00 bits per heavy atom. The van der Waals surface area contributed by atoms with Gasteiger partial charge in [-0.25, -0.2) is 9.79 Å². The van der Waals surface area contributed by atoms with Gasteiger partial charge in [0.05, 0.1) is 33.0 Å². The number of phenols is 1. The maximum absolute atomic E-state index is 13.7. The normalized spacial score (nSPS) is 15.9. The molecule has 0 radical (unpaired) electrons. The summed E-state index contributed by atoms with van der Waals surface area (Å²) in [6.45, 7) is 5.30. The zero-order chi connectivity index (χ0) is 25.4. The number of phenolic OH excluding ortho intramolecular Hbond substituents is 1. The summed E-state index contributed by atoms with van der Waals surface area (Å²) in [5, 5.41) is 10.6. The zero-order valence-corrected chi connectivity index (χ0v) is 23.3. The standard InChI is InChI=1S/C25H22BrClN2O4S2/c1-12(2)33-24(32)20-13(3)28-25-29(21(20)14-5-7-17(34-4)8-6-14)23(31)19(35-25)10-15-9-16(26)11-18(27)22(15)30/h5-12,21,30H,1-4H3/b19-10-/t21-/m1/s1. The Kier molecular flexibility index (Phi) is 7.61. The number of halogens is 2. The van der Waals surface area contributed by atoms with Crippen LogP contribution in [-0.2, 0) is 9.53 Å². The summed E-state index contributed by atoms with van der Waals surface area (Å²) < 4.78 is 8.06. The van der Waals surface area contributed by atoms with E-state index in [9.17, 15) is 14.7 Å². The zero-order valence-electron chi connectivity index (χ0n) is 19.3. The highest BCUT2D eigenvalue weighted by molar-refractivity contribution is 9.10. The van der Waals surface area contributed by atoms with Crippen molar-refractivity contribution in [1.82, 2.24) is 4.57 Å². The van der Waals surface area contributed by atoms with Gasteiger partial charge in [-0.05, 0) is 62.9 Å². The number of carbonyl (C=O) groups excluding carboxylic acids is 1. The summed E-state index contributed by atoms with van der Waals surface area (Å²) in [7, 11) is 0. The van der Waals surface area contributed by atoms with Crippen molar-refractivity contribution in [3.63, 3.8) is 0 Å². The van der Waals surface area contributed by atoms with E-state index in [1.54, 1.807) is 50.7 Å². The first-order valence-corrected chi connectivity index (χ1v) is 13.9. The average Bonchev–Trinajstić information content (AvgIpc) is 3.10. The highest BCUT2D eigenvalue weighted by Gasteiger charge is 2.33. The summed E-state index contributed by atoms with van der Waals surface area (Å²) in [6, 6.07) is 10.3. The van der Waals surface area contributed by atoms with Crippen LogP contribution in [0.5, 0.6) is 5.75 Å². The highest BCUT2D eigenvalue weighted by atomic mass is 79.9. The fourth-order valence-corrected chi connectivity index (χ4v) is 6.08. The Bertz CT molecular complexity index is 1520. The number of hydrogen-bond donors (Lipinski definition) is 1. The minimum absolute atomic E-state index is 0.123. The predicted molar refractivity (Wildman–Crippen MR) is 144 cm³/mol. The molecule has 1 atom stereocenters. The van der Waals surface area contributed by atoms with Crippen LogP contribution < -0.4 is 14.9 Å². The van der Waals surface area contributed by atoms with Crippen molar-refractivity contribution in [2.45, 2.75) is 37.8 Å². The predicted octanol–water partition coefficient (Wildman–Crippen LogP) is 5.03. The first-order chi connectivity index (χ1) is 16.6. The van der Waals surface area contributed by atoms with Gasteiger partial charge in [0.2, 0.25) is 0 Å². The Morgan fingerprint density at radius 1 is 1.31 bits per heavy atom. The third kappa shape index (κ3) is 5.14. The summed E-state index contributed by atoms with van der Waals surface area (Å²) in [5.74, 6) is -0.631. The van der Waals surface area contributed by atoms with E-state index in [1.165, 1.54) is 15.9 Å². The van der Waals surface area contributed by atoms with E-state index in [0.717, 1.165) is 10.5 Å². The number of aromatic hydroxyl groups is 1. The molecule has 0 spiro atoms. The molecule has 0 unspecified atom stereocenters. The molecule has 0 aliphatic carbocycles. The molecule has 1 aliphatic rings. The topological polar surface area (TPSA) is 80.9 Å². The number of esters is 1. The van der Waals surface area contributed by atoms with Gasteiger partial charge < -0.3 is 9.84 Å². The molecule has 35 heavy (non-hydrogen) atoms. The molecule has 10 heteroatoms. The smallest absolute Gasteiger partial charge is 0.338 e. The van der Waals surface area contributed by atoms with Crippen LogP contribution in [0.1, 0.15) is 37.9 Å². The van der Waals surface area contributed by atoms with Crippen molar-refractivity contribution in [3.05, 3.63) is 88.0 Å².